The molecule has 9 atom stereocenters. The lowest BCUT2D eigenvalue weighted by Gasteiger charge is -2.72. The molecule has 1 aromatic rings. The number of fused-ring (bicyclic) bond motifs is 7. The quantitative estimate of drug-likeness (QED) is 0.265. The number of nitrogens with one attached hydrogen (secondary N) is 1. The van der Waals surface area contributed by atoms with E-state index in [1.54, 1.807) is 16.4 Å². The zero-order chi connectivity index (χ0) is 36.8. The van der Waals surface area contributed by atoms with E-state index in [1.165, 1.54) is 74.3 Å². The van der Waals surface area contributed by atoms with Gasteiger partial charge in [-0.15, -0.1) is 0 Å². The first-order valence-corrected chi connectivity index (χ1v) is 21.8. The Labute approximate surface area is 308 Å². The number of allylic oxidation sites excluding steroid dienone is 3. The van der Waals surface area contributed by atoms with Gasteiger partial charge in [0.25, 0.3) is 0 Å². The van der Waals surface area contributed by atoms with Crippen LogP contribution in [0.1, 0.15) is 115 Å². The van der Waals surface area contributed by atoms with Crippen molar-refractivity contribution in [3.05, 3.63) is 53.6 Å². The van der Waals surface area contributed by atoms with Crippen LogP contribution in [0.5, 0.6) is 0 Å². The molecule has 3 unspecified atom stereocenters. The molecule has 1 aromatic carbocycles. The Morgan fingerprint density at radius 3 is 2.22 bits per heavy atom. The fourth-order valence-corrected chi connectivity index (χ4v) is 14.9. The Bertz CT molecular complexity index is 1680. The molecule has 1 heterocycles. The molecule has 51 heavy (non-hydrogen) atoms. The molecule has 2 N–H and O–H groups in total. The van der Waals surface area contributed by atoms with Crippen LogP contribution < -0.4 is 5.32 Å². The first-order valence-electron chi connectivity index (χ1n) is 20.0. The van der Waals surface area contributed by atoms with Gasteiger partial charge in [-0.05, 0) is 139 Å². The molecule has 7 rings (SSSR count). The van der Waals surface area contributed by atoms with Gasteiger partial charge in [0.05, 0.1) is 11.8 Å². The third-order valence-corrected chi connectivity index (χ3v) is 18.1. The SMILES string of the molecule is C=C(C)[C@@H]1CC[C@]2(NCCN3CCN(S(C)(=O)=O)CC3)CC[C@]3(C)[C@H](CCC4[C@@]5(C)CC=C(c6ccc(C(=O)O)cc6)C(C)(C)C5CC[C@]43C)C12. The number of benzene rings is 1. The molecule has 5 fully saturated rings. The van der Waals surface area contributed by atoms with Crippen LogP contribution in [0, 0.1) is 51.2 Å². The first kappa shape index (κ1) is 37.3. The van der Waals surface area contributed by atoms with Crippen molar-refractivity contribution in [1.82, 2.24) is 14.5 Å². The zero-order valence-electron chi connectivity index (χ0n) is 32.6. The van der Waals surface area contributed by atoms with E-state index < -0.39 is 16.0 Å². The van der Waals surface area contributed by atoms with Gasteiger partial charge >= 0.3 is 5.97 Å². The lowest BCUT2D eigenvalue weighted by Crippen LogP contribution is -2.68. The van der Waals surface area contributed by atoms with Gasteiger partial charge in [0, 0.05) is 44.8 Å². The number of piperazine rings is 1. The molecule has 7 nitrogen and oxygen atoms in total. The summed E-state index contributed by atoms with van der Waals surface area (Å²) in [7, 11) is -3.12. The Balaban J connectivity index is 1.12. The van der Waals surface area contributed by atoms with Crippen molar-refractivity contribution < 1.29 is 18.3 Å². The number of aromatic carboxylic acids is 1. The Kier molecular flexibility index (Phi) is 9.37. The Hall–Kier alpha value is -2.00. The van der Waals surface area contributed by atoms with Gasteiger partial charge in [0.15, 0.2) is 0 Å². The minimum Gasteiger partial charge on any atom is -0.478 e. The second kappa shape index (κ2) is 12.8. The molecule has 1 aliphatic heterocycles. The minimum absolute atomic E-state index is 0.0103. The molecule has 0 aromatic heterocycles. The van der Waals surface area contributed by atoms with Crippen LogP contribution in [0.15, 0.2) is 42.5 Å². The molecule has 282 valence electrons. The molecule has 8 heteroatoms. The summed E-state index contributed by atoms with van der Waals surface area (Å²) in [5, 5.41) is 13.7. The summed E-state index contributed by atoms with van der Waals surface area (Å²) >= 11 is 0. The molecule has 4 saturated carbocycles. The second-order valence-corrected chi connectivity index (χ2v) is 21.2. The maximum absolute atomic E-state index is 12.1. The van der Waals surface area contributed by atoms with E-state index in [-0.39, 0.29) is 27.2 Å². The third-order valence-electron chi connectivity index (χ3n) is 16.8. The average molecular weight is 720 g/mol. The highest BCUT2D eigenvalue weighted by Gasteiger charge is 2.70. The smallest absolute Gasteiger partial charge is 0.335 e. The molecule has 0 amide bonds. The highest BCUT2D eigenvalue weighted by molar-refractivity contribution is 7.88. The highest BCUT2D eigenvalue weighted by atomic mass is 32.2. The summed E-state index contributed by atoms with van der Waals surface area (Å²) in [5.41, 5.74) is 5.25. The van der Waals surface area contributed by atoms with Gasteiger partial charge < -0.3 is 10.4 Å². The average Bonchev–Trinajstić information content (AvgIpc) is 3.45. The molecule has 1 saturated heterocycles. The second-order valence-electron chi connectivity index (χ2n) is 19.2. The Morgan fingerprint density at radius 2 is 1.59 bits per heavy atom. The van der Waals surface area contributed by atoms with Crippen LogP contribution in [-0.2, 0) is 10.0 Å². The van der Waals surface area contributed by atoms with Crippen molar-refractivity contribution in [2.75, 3.05) is 45.5 Å². The minimum atomic E-state index is -3.12. The first-order chi connectivity index (χ1) is 23.9. The molecular formula is C43H65N3O4S. The topological polar surface area (TPSA) is 90.0 Å². The number of carbonyl (C=O) groups is 1. The van der Waals surface area contributed by atoms with Gasteiger partial charge in [0.1, 0.15) is 0 Å². The molecule has 6 aliphatic rings. The van der Waals surface area contributed by atoms with Crippen LogP contribution in [0.2, 0.25) is 0 Å². The number of sulfonamides is 1. The van der Waals surface area contributed by atoms with Crippen LogP contribution >= 0.6 is 0 Å². The summed E-state index contributed by atoms with van der Waals surface area (Å²) in [5.74, 6) is 2.25. The van der Waals surface area contributed by atoms with E-state index in [0.29, 0.717) is 48.2 Å². The van der Waals surface area contributed by atoms with Gasteiger partial charge in [-0.2, -0.15) is 4.31 Å². The van der Waals surface area contributed by atoms with Crippen molar-refractivity contribution >= 4 is 21.6 Å². The maximum atomic E-state index is 12.1. The predicted octanol–water partition coefficient (Wildman–Crippen LogP) is 7.95. The van der Waals surface area contributed by atoms with Gasteiger partial charge in [0.2, 0.25) is 10.0 Å². The van der Waals surface area contributed by atoms with Crippen LogP contribution in [0.3, 0.4) is 0 Å². The van der Waals surface area contributed by atoms with Crippen molar-refractivity contribution in [3.8, 4) is 0 Å². The van der Waals surface area contributed by atoms with Crippen LogP contribution in [0.25, 0.3) is 5.57 Å². The summed E-state index contributed by atoms with van der Waals surface area (Å²) < 4.78 is 25.7. The van der Waals surface area contributed by atoms with Crippen LogP contribution in [-0.4, -0.2) is 79.8 Å². The van der Waals surface area contributed by atoms with E-state index >= 15 is 0 Å². The Morgan fingerprint density at radius 1 is 0.902 bits per heavy atom. The molecule has 5 aliphatic carbocycles. The number of hydrogen-bond acceptors (Lipinski definition) is 5. The summed E-state index contributed by atoms with van der Waals surface area (Å²) in [6.07, 6.45) is 15.1. The van der Waals surface area contributed by atoms with Gasteiger partial charge in [-0.25, -0.2) is 13.2 Å². The van der Waals surface area contributed by atoms with E-state index in [1.807, 2.05) is 12.1 Å². The number of nitrogens with zero attached hydrogens (tertiary/aromatic N) is 2. The summed E-state index contributed by atoms with van der Waals surface area (Å²) in [6, 6.07) is 7.59. The van der Waals surface area contributed by atoms with Crippen molar-refractivity contribution in [3.63, 3.8) is 0 Å². The fraction of sp³-hybridized carbons (Fsp3) is 0.744. The predicted molar refractivity (Wildman–Crippen MR) is 207 cm³/mol. The lowest BCUT2D eigenvalue weighted by atomic mass is 9.33. The fourth-order valence-electron chi connectivity index (χ4n) is 14.1. The van der Waals surface area contributed by atoms with Gasteiger partial charge in [-0.3, -0.25) is 4.90 Å². The van der Waals surface area contributed by atoms with Crippen molar-refractivity contribution in [2.24, 2.45) is 51.2 Å². The summed E-state index contributed by atoms with van der Waals surface area (Å²) in [6.45, 7) is 24.6. The largest absolute Gasteiger partial charge is 0.478 e. The number of hydrogen-bond donors (Lipinski definition) is 2. The number of carboxylic acid groups (broad SMARTS) is 1. The van der Waals surface area contributed by atoms with E-state index in [4.69, 9.17) is 0 Å². The lowest BCUT2D eigenvalue weighted by molar-refractivity contribution is -0.219. The van der Waals surface area contributed by atoms with Gasteiger partial charge in [-0.1, -0.05) is 65.0 Å². The zero-order valence-corrected chi connectivity index (χ0v) is 33.4. The number of carboxylic acids is 1. The van der Waals surface area contributed by atoms with E-state index in [9.17, 15) is 18.3 Å². The molecule has 0 radical (unpaired) electrons. The standard InChI is InChI=1S/C43H65N3O4S/c1-29(2)32-15-20-43(44-23-24-45-25-27-46(28-26-45)51(8,49)50)22-21-41(6)34(37(32)43)13-14-36-40(5)18-16-33(30-9-11-31(12-10-30)38(47)48)39(3,4)35(40)17-19-42(36,41)7/h9-12,16,32,34-37,44H,1,13-15,17-28H2,2-8H3,(H,47,48)/t32-,34+,35?,36?,37?,40-,41+,42+,43-/m0/s1. The van der Waals surface area contributed by atoms with Crippen molar-refractivity contribution in [2.45, 2.75) is 105 Å². The summed E-state index contributed by atoms with van der Waals surface area (Å²) in [4.78, 5) is 14.0. The number of rotatable bonds is 8. The van der Waals surface area contributed by atoms with E-state index in [2.05, 4.69) is 64.4 Å². The van der Waals surface area contributed by atoms with Crippen LogP contribution in [0.4, 0.5) is 0 Å². The maximum Gasteiger partial charge on any atom is 0.335 e. The van der Waals surface area contributed by atoms with Crippen molar-refractivity contribution in [1.29, 1.82) is 0 Å². The molecule has 0 spiro atoms. The highest BCUT2D eigenvalue weighted by Crippen LogP contribution is 2.76. The monoisotopic (exact) mass is 719 g/mol. The normalized spacial score (nSPS) is 41.1. The molecule has 0 bridgehead atoms. The third kappa shape index (κ3) is 5.83. The molecular weight excluding hydrogens is 655 g/mol. The van der Waals surface area contributed by atoms with E-state index in [0.717, 1.165) is 32.6 Å².